The fourth-order valence-electron chi connectivity index (χ4n) is 0.713. The number of carbonyl (C=O) groups excluding carboxylic acids is 1. The minimum Gasteiger partial charge on any atom is -0.296 e. The Kier molecular flexibility index (Phi) is 2.06. The molecule has 0 radical (unpaired) electrons. The second-order valence-corrected chi connectivity index (χ2v) is 2.20. The van der Waals surface area contributed by atoms with Gasteiger partial charge in [-0.2, -0.15) is 5.10 Å². The molecule has 0 aliphatic rings. The van der Waals surface area contributed by atoms with Crippen LogP contribution in [0.4, 0.5) is 0 Å². The van der Waals surface area contributed by atoms with Gasteiger partial charge in [0.1, 0.15) is 5.69 Å². The van der Waals surface area contributed by atoms with Gasteiger partial charge < -0.3 is 0 Å². The lowest BCUT2D eigenvalue weighted by Gasteiger charge is -1.91. The molecule has 0 aliphatic heterocycles. The summed E-state index contributed by atoms with van der Waals surface area (Å²) in [5, 5.41) is 3.86. The standard InChI is InChI=1S/C6H7ClN2O/c1-9-6(3-7)2-5(4-10)8-9/h2,4H,3H2,1H3. The van der Waals surface area contributed by atoms with E-state index >= 15 is 0 Å². The molecule has 3 nitrogen and oxygen atoms in total. The van der Waals surface area contributed by atoms with Crippen molar-refractivity contribution in [2.24, 2.45) is 7.05 Å². The summed E-state index contributed by atoms with van der Waals surface area (Å²) in [6.45, 7) is 0. The van der Waals surface area contributed by atoms with Crippen LogP contribution in [-0.4, -0.2) is 16.1 Å². The Morgan fingerprint density at radius 1 is 1.90 bits per heavy atom. The Morgan fingerprint density at radius 3 is 2.90 bits per heavy atom. The number of aromatic nitrogens is 2. The number of rotatable bonds is 2. The van der Waals surface area contributed by atoms with E-state index in [4.69, 9.17) is 11.6 Å². The third kappa shape index (κ3) is 1.19. The van der Waals surface area contributed by atoms with Crippen molar-refractivity contribution in [3.05, 3.63) is 17.5 Å². The van der Waals surface area contributed by atoms with Gasteiger partial charge in [-0.05, 0) is 6.07 Å². The smallest absolute Gasteiger partial charge is 0.170 e. The molecule has 0 atom stereocenters. The van der Waals surface area contributed by atoms with Gasteiger partial charge in [-0.25, -0.2) is 0 Å². The van der Waals surface area contributed by atoms with E-state index in [0.717, 1.165) is 5.69 Å². The molecule has 0 saturated heterocycles. The number of halogens is 1. The Morgan fingerprint density at radius 2 is 2.60 bits per heavy atom. The minimum atomic E-state index is 0.386. The van der Waals surface area contributed by atoms with Gasteiger partial charge in [0, 0.05) is 7.05 Å². The van der Waals surface area contributed by atoms with Crippen molar-refractivity contribution in [2.45, 2.75) is 5.88 Å². The Hall–Kier alpha value is -0.830. The van der Waals surface area contributed by atoms with Gasteiger partial charge in [0.05, 0.1) is 11.6 Å². The molecule has 0 bridgehead atoms. The van der Waals surface area contributed by atoms with Crippen LogP contribution in [0.2, 0.25) is 0 Å². The normalized spacial score (nSPS) is 9.80. The van der Waals surface area contributed by atoms with Crippen LogP contribution in [0.25, 0.3) is 0 Å². The molecule has 54 valence electrons. The summed E-state index contributed by atoms with van der Waals surface area (Å²) in [6, 6.07) is 1.67. The molecule has 0 fully saturated rings. The van der Waals surface area contributed by atoms with E-state index in [2.05, 4.69) is 5.10 Å². The van der Waals surface area contributed by atoms with Crippen molar-refractivity contribution in [2.75, 3.05) is 0 Å². The van der Waals surface area contributed by atoms with Crippen molar-refractivity contribution in [3.63, 3.8) is 0 Å². The molecular weight excluding hydrogens is 152 g/mol. The molecule has 0 N–H and O–H groups in total. The Balaban J connectivity index is 3.03. The van der Waals surface area contributed by atoms with Crippen LogP contribution < -0.4 is 0 Å². The summed E-state index contributed by atoms with van der Waals surface area (Å²) >= 11 is 5.53. The zero-order chi connectivity index (χ0) is 7.56. The molecule has 4 heteroatoms. The number of aryl methyl sites for hydroxylation is 1. The maximum Gasteiger partial charge on any atom is 0.170 e. The fourth-order valence-corrected chi connectivity index (χ4v) is 0.963. The van der Waals surface area contributed by atoms with Gasteiger partial charge >= 0.3 is 0 Å². The van der Waals surface area contributed by atoms with E-state index in [-0.39, 0.29) is 0 Å². The lowest BCUT2D eigenvalue weighted by Crippen LogP contribution is -1.95. The highest BCUT2D eigenvalue weighted by molar-refractivity contribution is 6.16. The van der Waals surface area contributed by atoms with E-state index in [1.807, 2.05) is 0 Å². The molecule has 1 aromatic rings. The predicted molar refractivity (Wildman–Crippen MR) is 38.2 cm³/mol. The molecule has 0 spiro atoms. The summed E-state index contributed by atoms with van der Waals surface area (Å²) in [6.07, 6.45) is 0.704. The number of aldehydes is 1. The summed E-state index contributed by atoms with van der Waals surface area (Å²) < 4.78 is 1.59. The molecule has 1 rings (SSSR count). The third-order valence-corrected chi connectivity index (χ3v) is 1.53. The molecule has 0 saturated carbocycles. The number of alkyl halides is 1. The first-order valence-corrected chi connectivity index (χ1v) is 3.35. The van der Waals surface area contributed by atoms with Crippen molar-refractivity contribution in [1.29, 1.82) is 0 Å². The maximum absolute atomic E-state index is 10.2. The lowest BCUT2D eigenvalue weighted by molar-refractivity contribution is 0.111. The van der Waals surface area contributed by atoms with Crippen molar-refractivity contribution in [3.8, 4) is 0 Å². The number of carbonyl (C=O) groups is 1. The SMILES string of the molecule is Cn1nc(C=O)cc1CCl. The molecule has 0 amide bonds. The third-order valence-electron chi connectivity index (χ3n) is 1.25. The van der Waals surface area contributed by atoms with Crippen LogP contribution in [0.1, 0.15) is 16.2 Å². The Labute approximate surface area is 63.6 Å². The molecule has 0 aromatic carbocycles. The zero-order valence-electron chi connectivity index (χ0n) is 5.54. The van der Waals surface area contributed by atoms with Gasteiger partial charge in [-0.3, -0.25) is 9.48 Å². The predicted octanol–water partition coefficient (Wildman–Crippen LogP) is 0.971. The van der Waals surface area contributed by atoms with E-state index in [1.54, 1.807) is 17.8 Å². The monoisotopic (exact) mass is 158 g/mol. The van der Waals surface area contributed by atoms with Crippen LogP contribution in [0, 0.1) is 0 Å². The fraction of sp³-hybridized carbons (Fsp3) is 0.333. The van der Waals surface area contributed by atoms with E-state index in [9.17, 15) is 4.79 Å². The van der Waals surface area contributed by atoms with Crippen LogP contribution in [0.15, 0.2) is 6.07 Å². The average Bonchev–Trinajstić information content (AvgIpc) is 2.30. The highest BCUT2D eigenvalue weighted by Gasteiger charge is 2.00. The summed E-state index contributed by atoms with van der Waals surface area (Å²) in [5.74, 6) is 0.386. The van der Waals surface area contributed by atoms with Crippen LogP contribution in [-0.2, 0) is 12.9 Å². The topological polar surface area (TPSA) is 34.9 Å². The second kappa shape index (κ2) is 2.84. The summed E-state index contributed by atoms with van der Waals surface area (Å²) in [4.78, 5) is 10.2. The zero-order valence-corrected chi connectivity index (χ0v) is 6.30. The summed E-state index contributed by atoms with van der Waals surface area (Å²) in [7, 11) is 1.75. The quantitative estimate of drug-likeness (QED) is 0.475. The van der Waals surface area contributed by atoms with Gasteiger partial charge in [-0.15, -0.1) is 11.6 Å². The second-order valence-electron chi connectivity index (χ2n) is 1.94. The first kappa shape index (κ1) is 7.28. The number of nitrogens with zero attached hydrogens (tertiary/aromatic N) is 2. The molecule has 0 unspecified atom stereocenters. The van der Waals surface area contributed by atoms with Crippen LogP contribution >= 0.6 is 11.6 Å². The van der Waals surface area contributed by atoms with E-state index in [0.29, 0.717) is 17.9 Å². The molecular formula is C6H7ClN2O. The lowest BCUT2D eigenvalue weighted by atomic mass is 10.4. The molecule has 0 aliphatic carbocycles. The number of hydrogen-bond acceptors (Lipinski definition) is 2. The van der Waals surface area contributed by atoms with Crippen molar-refractivity contribution >= 4 is 17.9 Å². The first-order chi connectivity index (χ1) is 4.77. The van der Waals surface area contributed by atoms with Crippen molar-refractivity contribution < 1.29 is 4.79 Å². The van der Waals surface area contributed by atoms with E-state index < -0.39 is 0 Å². The molecule has 10 heavy (non-hydrogen) atoms. The van der Waals surface area contributed by atoms with Gasteiger partial charge in [-0.1, -0.05) is 0 Å². The summed E-state index contributed by atoms with van der Waals surface area (Å²) in [5.41, 5.74) is 1.28. The first-order valence-electron chi connectivity index (χ1n) is 2.82. The molecule has 1 heterocycles. The highest BCUT2D eigenvalue weighted by Crippen LogP contribution is 2.03. The Bertz CT molecular complexity index is 244. The largest absolute Gasteiger partial charge is 0.296 e. The van der Waals surface area contributed by atoms with Crippen LogP contribution in [0.3, 0.4) is 0 Å². The van der Waals surface area contributed by atoms with Gasteiger partial charge in [0.15, 0.2) is 6.29 Å². The maximum atomic E-state index is 10.2. The van der Waals surface area contributed by atoms with Crippen molar-refractivity contribution in [1.82, 2.24) is 9.78 Å². The highest BCUT2D eigenvalue weighted by atomic mass is 35.5. The van der Waals surface area contributed by atoms with Crippen LogP contribution in [0.5, 0.6) is 0 Å². The average molecular weight is 159 g/mol. The number of hydrogen-bond donors (Lipinski definition) is 0. The van der Waals surface area contributed by atoms with Gasteiger partial charge in [0.25, 0.3) is 0 Å². The van der Waals surface area contributed by atoms with E-state index in [1.165, 1.54) is 0 Å². The van der Waals surface area contributed by atoms with Gasteiger partial charge in [0.2, 0.25) is 0 Å². The minimum absolute atomic E-state index is 0.386. The molecule has 1 aromatic heterocycles.